The van der Waals surface area contributed by atoms with Crippen LogP contribution in [0.3, 0.4) is 0 Å². The van der Waals surface area contributed by atoms with Crippen molar-refractivity contribution in [3.63, 3.8) is 0 Å². The maximum Gasteiger partial charge on any atom is 0.130 e. The lowest BCUT2D eigenvalue weighted by molar-refractivity contribution is 0.0454. The third-order valence-electron chi connectivity index (χ3n) is 4.90. The molecule has 2 aromatic carbocycles. The molecule has 0 fully saturated rings. The Morgan fingerprint density at radius 3 is 2.44 bits per heavy atom. The van der Waals surface area contributed by atoms with Gasteiger partial charge in [0.25, 0.3) is 0 Å². The Morgan fingerprint density at radius 1 is 1.04 bits per heavy atom. The fraction of sp³-hybridized carbons (Fsp3) is 0.381. The molecule has 0 aromatic heterocycles. The first-order chi connectivity index (χ1) is 12.1. The maximum absolute atomic E-state index is 5.90. The summed E-state index contributed by atoms with van der Waals surface area (Å²) in [5.74, 6) is 0.838. The molecule has 3 rings (SSSR count). The van der Waals surface area contributed by atoms with Gasteiger partial charge in [-0.1, -0.05) is 12.1 Å². The number of methoxy groups -OCH3 is 2. The number of ether oxygens (including phenoxy) is 2. The summed E-state index contributed by atoms with van der Waals surface area (Å²) in [6.45, 7) is 0. The zero-order valence-corrected chi connectivity index (χ0v) is 15.5. The van der Waals surface area contributed by atoms with Crippen LogP contribution in [0.25, 0.3) is 0 Å². The van der Waals surface area contributed by atoms with Crippen LogP contribution in [-0.2, 0) is 16.8 Å². The normalized spacial score (nSPS) is 18.2. The molecule has 1 heterocycles. The van der Waals surface area contributed by atoms with Crippen molar-refractivity contribution in [2.75, 3.05) is 33.2 Å². The quantitative estimate of drug-likeness (QED) is 0.753. The number of fused-ring (bicyclic) bond motifs is 1. The predicted octanol–water partition coefficient (Wildman–Crippen LogP) is 4.34. The summed E-state index contributed by atoms with van der Waals surface area (Å²) in [5, 5.41) is 0. The van der Waals surface area contributed by atoms with E-state index in [1.165, 1.54) is 11.3 Å². The summed E-state index contributed by atoms with van der Waals surface area (Å²) >= 11 is 0. The minimum atomic E-state index is -0.451. The standard InChI is InChI=1S/C21H26N2O2/c1-23(2)17-9-7-16(8-10-17)6-5-13-21(25-4)15-22-20-12-11-18(24-3)14-19(20)21/h7-12,14-15H,5-6,13H2,1-4H3. The van der Waals surface area contributed by atoms with Gasteiger partial charge in [-0.25, -0.2) is 0 Å². The molecule has 0 saturated heterocycles. The monoisotopic (exact) mass is 338 g/mol. The topological polar surface area (TPSA) is 34.1 Å². The third kappa shape index (κ3) is 3.54. The number of benzene rings is 2. The van der Waals surface area contributed by atoms with Gasteiger partial charge < -0.3 is 14.4 Å². The number of hydrogen-bond donors (Lipinski definition) is 0. The highest BCUT2D eigenvalue weighted by Gasteiger charge is 2.36. The lowest BCUT2D eigenvalue weighted by atomic mass is 9.89. The van der Waals surface area contributed by atoms with Crippen LogP contribution in [0.1, 0.15) is 24.0 Å². The smallest absolute Gasteiger partial charge is 0.130 e. The van der Waals surface area contributed by atoms with Gasteiger partial charge >= 0.3 is 0 Å². The molecule has 0 N–H and O–H groups in total. The molecule has 0 amide bonds. The van der Waals surface area contributed by atoms with Crippen molar-refractivity contribution < 1.29 is 9.47 Å². The molecule has 132 valence electrons. The number of aliphatic imine (C=N–C) groups is 1. The van der Waals surface area contributed by atoms with Gasteiger partial charge in [0.2, 0.25) is 0 Å². The second-order valence-electron chi connectivity index (χ2n) is 6.65. The Morgan fingerprint density at radius 2 is 1.80 bits per heavy atom. The van der Waals surface area contributed by atoms with Crippen LogP contribution in [0.15, 0.2) is 47.5 Å². The first-order valence-electron chi connectivity index (χ1n) is 8.63. The van der Waals surface area contributed by atoms with Crippen molar-refractivity contribution in [2.45, 2.75) is 24.9 Å². The van der Waals surface area contributed by atoms with Crippen molar-refractivity contribution in [1.29, 1.82) is 0 Å². The number of nitrogens with zero attached hydrogens (tertiary/aromatic N) is 2. The van der Waals surface area contributed by atoms with E-state index in [0.717, 1.165) is 36.3 Å². The largest absolute Gasteiger partial charge is 0.497 e. The van der Waals surface area contributed by atoms with Gasteiger partial charge in [-0.15, -0.1) is 0 Å². The van der Waals surface area contributed by atoms with E-state index >= 15 is 0 Å². The van der Waals surface area contributed by atoms with Crippen LogP contribution < -0.4 is 9.64 Å². The summed E-state index contributed by atoms with van der Waals surface area (Å²) in [4.78, 5) is 6.66. The second kappa shape index (κ2) is 7.28. The van der Waals surface area contributed by atoms with Crippen LogP contribution >= 0.6 is 0 Å². The Balaban J connectivity index is 1.69. The molecular weight excluding hydrogens is 312 g/mol. The van der Waals surface area contributed by atoms with E-state index in [-0.39, 0.29) is 0 Å². The molecular formula is C21H26N2O2. The molecule has 0 spiro atoms. The highest BCUT2D eigenvalue weighted by atomic mass is 16.5. The Bertz CT molecular complexity index is 753. The molecule has 0 saturated carbocycles. The van der Waals surface area contributed by atoms with Gasteiger partial charge in [0.1, 0.15) is 11.4 Å². The maximum atomic E-state index is 5.90. The van der Waals surface area contributed by atoms with E-state index in [4.69, 9.17) is 9.47 Å². The second-order valence-corrected chi connectivity index (χ2v) is 6.65. The van der Waals surface area contributed by atoms with Crippen LogP contribution in [0.2, 0.25) is 0 Å². The zero-order chi connectivity index (χ0) is 17.9. The molecule has 0 aliphatic carbocycles. The van der Waals surface area contributed by atoms with Gasteiger partial charge in [-0.05, 0) is 55.2 Å². The summed E-state index contributed by atoms with van der Waals surface area (Å²) in [5.41, 5.74) is 4.18. The van der Waals surface area contributed by atoms with E-state index in [1.807, 2.05) is 24.4 Å². The van der Waals surface area contributed by atoms with Gasteiger partial charge in [0, 0.05) is 38.7 Å². The van der Waals surface area contributed by atoms with Crippen molar-refractivity contribution in [2.24, 2.45) is 4.99 Å². The average Bonchev–Trinajstić information content (AvgIpc) is 3.00. The molecule has 4 heteroatoms. The fourth-order valence-corrected chi connectivity index (χ4v) is 3.32. The third-order valence-corrected chi connectivity index (χ3v) is 4.90. The molecule has 4 nitrogen and oxygen atoms in total. The fourth-order valence-electron chi connectivity index (χ4n) is 3.32. The lowest BCUT2D eigenvalue weighted by Crippen LogP contribution is -2.28. The highest BCUT2D eigenvalue weighted by Crippen LogP contribution is 2.42. The summed E-state index contributed by atoms with van der Waals surface area (Å²) in [7, 11) is 7.56. The first kappa shape index (κ1) is 17.5. The summed E-state index contributed by atoms with van der Waals surface area (Å²) in [6, 6.07) is 14.7. The van der Waals surface area contributed by atoms with Crippen molar-refractivity contribution in [1.82, 2.24) is 0 Å². The van der Waals surface area contributed by atoms with Crippen molar-refractivity contribution in [3.8, 4) is 5.75 Å². The van der Waals surface area contributed by atoms with Crippen molar-refractivity contribution in [3.05, 3.63) is 53.6 Å². The molecule has 0 bridgehead atoms. The minimum absolute atomic E-state index is 0.451. The zero-order valence-electron chi connectivity index (χ0n) is 15.5. The molecule has 0 radical (unpaired) electrons. The SMILES string of the molecule is COc1ccc2c(c1)C(CCCc1ccc(N(C)C)cc1)(OC)C=N2. The Kier molecular flexibility index (Phi) is 5.09. The van der Waals surface area contributed by atoms with Gasteiger partial charge in [0.15, 0.2) is 0 Å². The summed E-state index contributed by atoms with van der Waals surface area (Å²) in [6.07, 6.45) is 4.87. The lowest BCUT2D eigenvalue weighted by Gasteiger charge is -2.26. The molecule has 1 atom stereocenters. The summed E-state index contributed by atoms with van der Waals surface area (Å²) < 4.78 is 11.3. The average molecular weight is 338 g/mol. The van der Waals surface area contributed by atoms with E-state index in [9.17, 15) is 0 Å². The highest BCUT2D eigenvalue weighted by molar-refractivity contribution is 5.84. The molecule has 1 aliphatic heterocycles. The molecule has 25 heavy (non-hydrogen) atoms. The minimum Gasteiger partial charge on any atom is -0.497 e. The molecule has 1 aliphatic rings. The van der Waals surface area contributed by atoms with E-state index in [2.05, 4.69) is 48.3 Å². The van der Waals surface area contributed by atoms with Gasteiger partial charge in [-0.3, -0.25) is 4.99 Å². The van der Waals surface area contributed by atoms with Crippen molar-refractivity contribution >= 4 is 17.6 Å². The first-order valence-corrected chi connectivity index (χ1v) is 8.63. The van der Waals surface area contributed by atoms with Crippen LogP contribution in [0, 0.1) is 0 Å². The number of aryl methyl sites for hydroxylation is 1. The van der Waals surface area contributed by atoms with Gasteiger partial charge in [-0.2, -0.15) is 0 Å². The van der Waals surface area contributed by atoms with Gasteiger partial charge in [0.05, 0.1) is 12.8 Å². The predicted molar refractivity (Wildman–Crippen MR) is 104 cm³/mol. The Labute approximate surface area is 150 Å². The van der Waals surface area contributed by atoms with E-state index in [1.54, 1.807) is 14.2 Å². The van der Waals surface area contributed by atoms with E-state index < -0.39 is 5.60 Å². The molecule has 2 aromatic rings. The Hall–Kier alpha value is -2.33. The van der Waals surface area contributed by atoms with E-state index in [0.29, 0.717) is 0 Å². The van der Waals surface area contributed by atoms with Crippen LogP contribution in [0.4, 0.5) is 11.4 Å². The van der Waals surface area contributed by atoms with Crippen LogP contribution in [-0.4, -0.2) is 34.5 Å². The number of anilines is 1. The number of rotatable bonds is 7. The van der Waals surface area contributed by atoms with Crippen LogP contribution in [0.5, 0.6) is 5.75 Å². The number of hydrogen-bond acceptors (Lipinski definition) is 4. The molecule has 1 unspecified atom stereocenters.